The van der Waals surface area contributed by atoms with Crippen LogP contribution in [0.4, 0.5) is 5.82 Å². The molecular formula is C19H19N3O4. The van der Waals surface area contributed by atoms with Gasteiger partial charge in [0.25, 0.3) is 5.91 Å². The van der Waals surface area contributed by atoms with E-state index in [1.165, 1.54) is 0 Å². The summed E-state index contributed by atoms with van der Waals surface area (Å²) in [4.78, 5) is 16.7. The monoisotopic (exact) mass is 353 g/mol. The maximum Gasteiger partial charge on any atom is 0.279 e. The Morgan fingerprint density at radius 1 is 1.19 bits per heavy atom. The average molecular weight is 353 g/mol. The highest BCUT2D eigenvalue weighted by Gasteiger charge is 2.21. The minimum Gasteiger partial charge on any atom is -0.493 e. The number of pyridine rings is 1. The van der Waals surface area contributed by atoms with Crippen molar-refractivity contribution >= 4 is 11.7 Å². The zero-order valence-electron chi connectivity index (χ0n) is 14.8. The van der Waals surface area contributed by atoms with Gasteiger partial charge in [-0.25, -0.2) is 4.98 Å². The van der Waals surface area contributed by atoms with Crippen molar-refractivity contribution < 1.29 is 18.8 Å². The highest BCUT2D eigenvalue weighted by molar-refractivity contribution is 6.03. The Hall–Kier alpha value is -3.35. The molecule has 0 saturated heterocycles. The van der Waals surface area contributed by atoms with E-state index in [9.17, 15) is 4.79 Å². The van der Waals surface area contributed by atoms with Crippen LogP contribution in [0.1, 0.15) is 27.4 Å². The molecule has 0 bridgehead atoms. The summed E-state index contributed by atoms with van der Waals surface area (Å²) in [5.74, 6) is 1.74. The molecule has 0 aliphatic rings. The van der Waals surface area contributed by atoms with Crippen LogP contribution in [0, 0.1) is 13.8 Å². The Balaban J connectivity index is 1.77. The quantitative estimate of drug-likeness (QED) is 0.729. The molecule has 0 fully saturated rings. The second-order valence-corrected chi connectivity index (χ2v) is 5.68. The number of hydrogen-bond donors (Lipinski definition) is 1. The molecule has 0 radical (unpaired) electrons. The molecule has 0 atom stereocenters. The number of rotatable bonds is 6. The second-order valence-electron chi connectivity index (χ2n) is 5.68. The lowest BCUT2D eigenvalue weighted by Crippen LogP contribution is -2.16. The van der Waals surface area contributed by atoms with Crippen LogP contribution in [0.2, 0.25) is 0 Å². The number of aromatic nitrogens is 2. The molecule has 7 heteroatoms. The lowest BCUT2D eigenvalue weighted by atomic mass is 10.2. The summed E-state index contributed by atoms with van der Waals surface area (Å²) in [6.45, 7) is 3.78. The minimum absolute atomic E-state index is 0.125. The normalized spacial score (nSPS) is 10.4. The third-order valence-electron chi connectivity index (χ3n) is 3.80. The van der Waals surface area contributed by atoms with Gasteiger partial charge < -0.3 is 19.3 Å². The first-order valence-electron chi connectivity index (χ1n) is 8.03. The van der Waals surface area contributed by atoms with Crippen molar-refractivity contribution in [2.45, 2.75) is 20.5 Å². The molecule has 0 unspecified atom stereocenters. The Labute approximate surface area is 150 Å². The van der Waals surface area contributed by atoms with Crippen molar-refractivity contribution in [1.82, 2.24) is 10.1 Å². The van der Waals surface area contributed by atoms with Crippen LogP contribution in [0.5, 0.6) is 11.5 Å². The van der Waals surface area contributed by atoms with Crippen LogP contribution >= 0.6 is 0 Å². The van der Waals surface area contributed by atoms with E-state index in [1.807, 2.05) is 25.1 Å². The van der Waals surface area contributed by atoms with Gasteiger partial charge in [0.15, 0.2) is 17.2 Å². The zero-order valence-corrected chi connectivity index (χ0v) is 14.8. The molecule has 1 N–H and O–H groups in total. The maximum atomic E-state index is 12.5. The van der Waals surface area contributed by atoms with Crippen LogP contribution in [-0.2, 0) is 6.61 Å². The van der Waals surface area contributed by atoms with E-state index in [0.717, 1.165) is 5.56 Å². The van der Waals surface area contributed by atoms with Crippen LogP contribution in [0.3, 0.4) is 0 Å². The zero-order chi connectivity index (χ0) is 18.5. The van der Waals surface area contributed by atoms with Gasteiger partial charge in [0.1, 0.15) is 18.2 Å². The standard InChI is InChI=1S/C19H19N3O4/c1-12-8-9-20-17(10-12)21-19(23)18-14(13(2)26-22-18)11-25-16-7-5-4-6-15(16)24-3/h4-10H,11H2,1-3H3,(H,20,21,23). The number of nitrogens with one attached hydrogen (secondary N) is 1. The molecule has 7 nitrogen and oxygen atoms in total. The van der Waals surface area contributed by atoms with Crippen molar-refractivity contribution in [3.8, 4) is 11.5 Å². The van der Waals surface area contributed by atoms with Gasteiger partial charge in [0.2, 0.25) is 0 Å². The van der Waals surface area contributed by atoms with Gasteiger partial charge in [-0.3, -0.25) is 4.79 Å². The number of methoxy groups -OCH3 is 1. The van der Waals surface area contributed by atoms with Gasteiger partial charge in [0.05, 0.1) is 12.7 Å². The third-order valence-corrected chi connectivity index (χ3v) is 3.80. The predicted molar refractivity (Wildman–Crippen MR) is 95.5 cm³/mol. The first-order chi connectivity index (χ1) is 12.6. The Morgan fingerprint density at radius 2 is 1.96 bits per heavy atom. The first-order valence-corrected chi connectivity index (χ1v) is 8.03. The maximum absolute atomic E-state index is 12.5. The highest BCUT2D eigenvalue weighted by Crippen LogP contribution is 2.27. The van der Waals surface area contributed by atoms with E-state index >= 15 is 0 Å². The molecule has 2 aromatic heterocycles. The number of carbonyl (C=O) groups is 1. The number of aryl methyl sites for hydroxylation is 2. The molecule has 134 valence electrons. The molecule has 0 spiro atoms. The van der Waals surface area contributed by atoms with Crippen LogP contribution < -0.4 is 14.8 Å². The largest absolute Gasteiger partial charge is 0.493 e. The molecule has 3 aromatic rings. The molecule has 3 rings (SSSR count). The van der Waals surface area contributed by atoms with Gasteiger partial charge in [0, 0.05) is 6.20 Å². The fourth-order valence-electron chi connectivity index (χ4n) is 2.41. The number of hydrogen-bond acceptors (Lipinski definition) is 6. The van der Waals surface area contributed by atoms with Crippen molar-refractivity contribution in [3.05, 3.63) is 65.2 Å². The summed E-state index contributed by atoms with van der Waals surface area (Å²) >= 11 is 0. The third kappa shape index (κ3) is 3.83. The summed E-state index contributed by atoms with van der Waals surface area (Å²) in [5, 5.41) is 6.58. The van der Waals surface area contributed by atoms with E-state index in [2.05, 4.69) is 15.5 Å². The number of ether oxygens (including phenoxy) is 2. The molecule has 0 aliphatic heterocycles. The van der Waals surface area contributed by atoms with Gasteiger partial charge in [-0.05, 0) is 43.7 Å². The number of benzene rings is 1. The SMILES string of the molecule is COc1ccccc1OCc1c(C(=O)Nc2cc(C)ccn2)noc1C. The molecular weight excluding hydrogens is 334 g/mol. The molecule has 0 saturated carbocycles. The van der Waals surface area contributed by atoms with Crippen LogP contribution in [0.25, 0.3) is 0 Å². The summed E-state index contributed by atoms with van der Waals surface area (Å²) in [6.07, 6.45) is 1.63. The van der Waals surface area contributed by atoms with Crippen molar-refractivity contribution in [2.75, 3.05) is 12.4 Å². The number of para-hydroxylation sites is 2. The summed E-state index contributed by atoms with van der Waals surface area (Å²) in [7, 11) is 1.57. The summed E-state index contributed by atoms with van der Waals surface area (Å²) in [6, 6.07) is 10.9. The molecule has 2 heterocycles. The topological polar surface area (TPSA) is 86.5 Å². The van der Waals surface area contributed by atoms with E-state index in [4.69, 9.17) is 14.0 Å². The predicted octanol–water partition coefficient (Wildman–Crippen LogP) is 3.53. The fourth-order valence-corrected chi connectivity index (χ4v) is 2.41. The van der Waals surface area contributed by atoms with Crippen molar-refractivity contribution in [3.63, 3.8) is 0 Å². The fraction of sp³-hybridized carbons (Fsp3) is 0.211. The molecule has 1 aromatic carbocycles. The number of anilines is 1. The van der Waals surface area contributed by atoms with E-state index in [0.29, 0.717) is 28.6 Å². The van der Waals surface area contributed by atoms with E-state index in [-0.39, 0.29) is 12.3 Å². The number of carbonyl (C=O) groups excluding carboxylic acids is 1. The lowest BCUT2D eigenvalue weighted by Gasteiger charge is -2.10. The molecule has 0 aliphatic carbocycles. The number of nitrogens with zero attached hydrogens (tertiary/aromatic N) is 2. The molecule has 26 heavy (non-hydrogen) atoms. The van der Waals surface area contributed by atoms with Crippen molar-refractivity contribution in [1.29, 1.82) is 0 Å². The van der Waals surface area contributed by atoms with E-state index in [1.54, 1.807) is 38.4 Å². The second kappa shape index (κ2) is 7.69. The Bertz CT molecular complexity index is 921. The highest BCUT2D eigenvalue weighted by atomic mass is 16.5. The smallest absolute Gasteiger partial charge is 0.279 e. The summed E-state index contributed by atoms with van der Waals surface area (Å²) in [5.41, 5.74) is 1.73. The lowest BCUT2D eigenvalue weighted by molar-refractivity contribution is 0.101. The van der Waals surface area contributed by atoms with Crippen molar-refractivity contribution in [2.24, 2.45) is 0 Å². The Kier molecular flexibility index (Phi) is 5.17. The van der Waals surface area contributed by atoms with Gasteiger partial charge in [-0.1, -0.05) is 17.3 Å². The number of amides is 1. The summed E-state index contributed by atoms with van der Waals surface area (Å²) < 4.78 is 16.2. The van der Waals surface area contributed by atoms with Crippen LogP contribution in [-0.4, -0.2) is 23.2 Å². The average Bonchev–Trinajstić information content (AvgIpc) is 3.01. The van der Waals surface area contributed by atoms with Gasteiger partial charge >= 0.3 is 0 Å². The Morgan fingerprint density at radius 3 is 2.69 bits per heavy atom. The van der Waals surface area contributed by atoms with Crippen LogP contribution in [0.15, 0.2) is 47.1 Å². The molecule has 1 amide bonds. The first kappa shape index (κ1) is 17.5. The minimum atomic E-state index is -0.404. The van der Waals surface area contributed by atoms with Gasteiger partial charge in [-0.15, -0.1) is 0 Å². The van der Waals surface area contributed by atoms with Gasteiger partial charge in [-0.2, -0.15) is 0 Å². The van der Waals surface area contributed by atoms with E-state index < -0.39 is 5.91 Å².